The third-order valence-corrected chi connectivity index (χ3v) is 2.53. The molecule has 0 spiro atoms. The number of nitrogens with one attached hydrogen (secondary N) is 1. The molecule has 7 heteroatoms. The van der Waals surface area contributed by atoms with Crippen LogP contribution in [0.3, 0.4) is 0 Å². The van der Waals surface area contributed by atoms with Crippen LogP contribution < -0.4 is 10.1 Å². The predicted molar refractivity (Wildman–Crippen MR) is 72.6 cm³/mol. The Labute approximate surface area is 112 Å². The first-order valence-corrected chi connectivity index (χ1v) is 6.49. The van der Waals surface area contributed by atoms with E-state index in [-0.39, 0.29) is 17.4 Å². The second-order valence-corrected chi connectivity index (χ2v) is 4.10. The highest BCUT2D eigenvalue weighted by Gasteiger charge is 2.25. The zero-order valence-electron chi connectivity index (χ0n) is 11.6. The van der Waals surface area contributed by atoms with Crippen LogP contribution in [0.25, 0.3) is 0 Å². The summed E-state index contributed by atoms with van der Waals surface area (Å²) in [6.07, 6.45) is 3.32. The van der Waals surface area contributed by atoms with Crippen molar-refractivity contribution in [3.05, 3.63) is 15.9 Å². The minimum absolute atomic E-state index is 0.0567. The molecule has 0 radical (unpaired) electrons. The van der Waals surface area contributed by atoms with E-state index in [1.807, 2.05) is 13.8 Å². The number of nitro groups is 1. The fourth-order valence-corrected chi connectivity index (χ4v) is 1.57. The van der Waals surface area contributed by atoms with E-state index in [4.69, 9.17) is 4.74 Å². The van der Waals surface area contributed by atoms with Crippen LogP contribution in [0.15, 0.2) is 0 Å². The highest BCUT2D eigenvalue weighted by Crippen LogP contribution is 2.31. The maximum atomic E-state index is 11.1. The van der Waals surface area contributed by atoms with E-state index in [9.17, 15) is 10.1 Å². The molecule has 0 amide bonds. The molecule has 7 nitrogen and oxygen atoms in total. The van der Waals surface area contributed by atoms with Crippen LogP contribution in [0.5, 0.6) is 5.88 Å². The smallest absolute Gasteiger partial charge is 0.372 e. The van der Waals surface area contributed by atoms with Gasteiger partial charge in [-0.3, -0.25) is 10.1 Å². The lowest BCUT2D eigenvalue weighted by molar-refractivity contribution is -0.385. The number of rotatable bonds is 8. The summed E-state index contributed by atoms with van der Waals surface area (Å²) >= 11 is 0. The lowest BCUT2D eigenvalue weighted by Crippen LogP contribution is -2.09. The zero-order chi connectivity index (χ0) is 14.3. The largest absolute Gasteiger partial charge is 0.473 e. The Morgan fingerprint density at radius 3 is 2.58 bits per heavy atom. The maximum absolute atomic E-state index is 11.1. The van der Waals surface area contributed by atoms with Crippen LogP contribution in [0, 0.1) is 10.1 Å². The van der Waals surface area contributed by atoms with Gasteiger partial charge in [0.2, 0.25) is 5.82 Å². The molecule has 0 aromatic carbocycles. The molecule has 0 atom stereocenters. The van der Waals surface area contributed by atoms with Gasteiger partial charge in [0.05, 0.1) is 11.5 Å². The van der Waals surface area contributed by atoms with Gasteiger partial charge in [0.1, 0.15) is 5.82 Å². The molecular formula is C12H20N4O3. The number of aromatic nitrogens is 2. The zero-order valence-corrected chi connectivity index (χ0v) is 11.6. The summed E-state index contributed by atoms with van der Waals surface area (Å²) in [6, 6.07) is 0. The third-order valence-electron chi connectivity index (χ3n) is 2.53. The second kappa shape index (κ2) is 7.50. The normalized spacial score (nSPS) is 10.3. The number of aryl methyl sites for hydroxylation is 1. The maximum Gasteiger partial charge on any atom is 0.372 e. The minimum atomic E-state index is -0.511. The highest BCUT2D eigenvalue weighted by atomic mass is 16.6. The number of unbranched alkanes of at least 4 members (excludes halogenated alkanes) is 1. The molecule has 1 aromatic heterocycles. The molecule has 0 saturated heterocycles. The van der Waals surface area contributed by atoms with Crippen molar-refractivity contribution in [3.63, 3.8) is 0 Å². The third kappa shape index (κ3) is 4.04. The molecule has 106 valence electrons. The van der Waals surface area contributed by atoms with Crippen molar-refractivity contribution < 1.29 is 9.66 Å². The van der Waals surface area contributed by atoms with Crippen molar-refractivity contribution in [2.75, 3.05) is 19.0 Å². The van der Waals surface area contributed by atoms with E-state index in [2.05, 4.69) is 15.3 Å². The molecule has 0 fully saturated rings. The van der Waals surface area contributed by atoms with E-state index >= 15 is 0 Å². The van der Waals surface area contributed by atoms with Gasteiger partial charge in [-0.2, -0.15) is 4.98 Å². The fourth-order valence-electron chi connectivity index (χ4n) is 1.57. The molecule has 1 aromatic rings. The fraction of sp³-hybridized carbons (Fsp3) is 0.667. The molecule has 19 heavy (non-hydrogen) atoms. The van der Waals surface area contributed by atoms with E-state index in [0.29, 0.717) is 18.9 Å². The van der Waals surface area contributed by atoms with Gasteiger partial charge in [0, 0.05) is 13.5 Å². The van der Waals surface area contributed by atoms with E-state index in [0.717, 1.165) is 19.3 Å². The first kappa shape index (κ1) is 15.1. The minimum Gasteiger partial charge on any atom is -0.473 e. The number of nitrogens with zero attached hydrogens (tertiary/aromatic N) is 3. The molecule has 0 bridgehead atoms. The van der Waals surface area contributed by atoms with Gasteiger partial charge in [-0.1, -0.05) is 20.3 Å². The standard InChI is InChI=1S/C12H20N4O3/c1-4-6-8-19-12-10(16(17)18)11(13-3)14-9(15-12)7-5-2/h4-8H2,1-3H3,(H,13,14,15). The summed E-state index contributed by atoms with van der Waals surface area (Å²) in [4.78, 5) is 18.9. The average Bonchev–Trinajstić information content (AvgIpc) is 2.38. The van der Waals surface area contributed by atoms with Gasteiger partial charge >= 0.3 is 5.69 Å². The van der Waals surface area contributed by atoms with Crippen molar-refractivity contribution >= 4 is 11.5 Å². The van der Waals surface area contributed by atoms with Crippen molar-refractivity contribution in [2.45, 2.75) is 39.5 Å². The molecule has 0 aliphatic heterocycles. The van der Waals surface area contributed by atoms with Gasteiger partial charge in [-0.25, -0.2) is 4.98 Å². The topological polar surface area (TPSA) is 90.2 Å². The lowest BCUT2D eigenvalue weighted by atomic mass is 10.3. The Morgan fingerprint density at radius 1 is 1.32 bits per heavy atom. The Bertz CT molecular complexity index is 437. The number of anilines is 1. The van der Waals surface area contributed by atoms with Crippen molar-refractivity contribution in [3.8, 4) is 5.88 Å². The van der Waals surface area contributed by atoms with Crippen LogP contribution in [0.1, 0.15) is 38.9 Å². The van der Waals surface area contributed by atoms with Crippen LogP contribution in [0.4, 0.5) is 11.5 Å². The van der Waals surface area contributed by atoms with Gasteiger partial charge in [0.25, 0.3) is 5.88 Å². The van der Waals surface area contributed by atoms with Crippen LogP contribution >= 0.6 is 0 Å². The van der Waals surface area contributed by atoms with Crippen LogP contribution in [-0.2, 0) is 6.42 Å². The molecule has 1 rings (SSSR count). The summed E-state index contributed by atoms with van der Waals surface area (Å²) in [5.41, 5.74) is -0.196. The molecule has 1 heterocycles. The predicted octanol–water partition coefficient (Wildman–Crippen LogP) is 2.56. The summed E-state index contributed by atoms with van der Waals surface area (Å²) in [5.74, 6) is 0.820. The SMILES string of the molecule is CCCCOc1nc(CCC)nc(NC)c1[N+](=O)[O-]. The molecular weight excluding hydrogens is 248 g/mol. The number of hydrogen-bond acceptors (Lipinski definition) is 6. The average molecular weight is 268 g/mol. The van der Waals surface area contributed by atoms with E-state index < -0.39 is 4.92 Å². The van der Waals surface area contributed by atoms with Gasteiger partial charge < -0.3 is 10.1 Å². The lowest BCUT2D eigenvalue weighted by Gasteiger charge is -2.09. The summed E-state index contributed by atoms with van der Waals surface area (Å²) < 4.78 is 5.44. The van der Waals surface area contributed by atoms with E-state index in [1.54, 1.807) is 7.05 Å². The summed E-state index contributed by atoms with van der Waals surface area (Å²) in [6.45, 7) is 4.45. The van der Waals surface area contributed by atoms with Crippen molar-refractivity contribution in [1.29, 1.82) is 0 Å². The molecule has 0 saturated carbocycles. The first-order chi connectivity index (χ1) is 9.13. The van der Waals surface area contributed by atoms with Crippen molar-refractivity contribution in [2.24, 2.45) is 0 Å². The van der Waals surface area contributed by atoms with Crippen LogP contribution in [0.2, 0.25) is 0 Å². The second-order valence-electron chi connectivity index (χ2n) is 4.10. The molecule has 0 unspecified atom stereocenters. The molecule has 0 aliphatic rings. The van der Waals surface area contributed by atoms with E-state index in [1.165, 1.54) is 0 Å². The molecule has 1 N–H and O–H groups in total. The van der Waals surface area contributed by atoms with Gasteiger partial charge in [-0.05, 0) is 12.8 Å². The summed E-state index contributed by atoms with van der Waals surface area (Å²) in [5, 5.41) is 13.8. The van der Waals surface area contributed by atoms with Crippen LogP contribution in [-0.4, -0.2) is 28.5 Å². The Kier molecular flexibility index (Phi) is 5.98. The first-order valence-electron chi connectivity index (χ1n) is 6.49. The van der Waals surface area contributed by atoms with Crippen molar-refractivity contribution in [1.82, 2.24) is 9.97 Å². The van der Waals surface area contributed by atoms with Gasteiger partial charge in [0.15, 0.2) is 0 Å². The molecule has 0 aliphatic carbocycles. The Balaban J connectivity index is 3.12. The quantitative estimate of drug-likeness (QED) is 0.442. The van der Waals surface area contributed by atoms with Gasteiger partial charge in [-0.15, -0.1) is 0 Å². The monoisotopic (exact) mass is 268 g/mol. The number of hydrogen-bond donors (Lipinski definition) is 1. The summed E-state index contributed by atoms with van der Waals surface area (Å²) in [7, 11) is 1.60. The Hall–Kier alpha value is -1.92. The number of ether oxygens (including phenoxy) is 1. The Morgan fingerprint density at radius 2 is 2.05 bits per heavy atom. The highest BCUT2D eigenvalue weighted by molar-refractivity contribution is 5.61.